The maximum atomic E-state index is 12.9. The number of carbonyl (C=O) groups is 1. The summed E-state index contributed by atoms with van der Waals surface area (Å²) in [5.74, 6) is -0.414. The molecule has 1 atom stereocenters. The molecule has 0 aliphatic carbocycles. The zero-order chi connectivity index (χ0) is 18.9. The Morgan fingerprint density at radius 3 is 2.54 bits per heavy atom. The van der Waals surface area contributed by atoms with E-state index in [1.807, 2.05) is 6.92 Å². The number of hydrogen-bond donors (Lipinski definition) is 1. The molecular formula is C18H18Cl2N2O3S. The van der Waals surface area contributed by atoms with E-state index in [0.29, 0.717) is 30.1 Å². The monoisotopic (exact) mass is 412 g/mol. The third kappa shape index (κ3) is 3.74. The highest BCUT2D eigenvalue weighted by Gasteiger charge is 2.39. The van der Waals surface area contributed by atoms with Crippen LogP contribution < -0.4 is 5.32 Å². The lowest BCUT2D eigenvalue weighted by Crippen LogP contribution is -2.43. The summed E-state index contributed by atoms with van der Waals surface area (Å²) >= 11 is 12.1. The average Bonchev–Trinajstić information content (AvgIpc) is 3.10. The molecule has 0 spiro atoms. The molecule has 0 bridgehead atoms. The Morgan fingerprint density at radius 1 is 1.15 bits per heavy atom. The van der Waals surface area contributed by atoms with Crippen molar-refractivity contribution in [2.45, 2.75) is 30.7 Å². The number of sulfonamides is 1. The third-order valence-corrected chi connectivity index (χ3v) is 7.08. The number of nitrogens with zero attached hydrogens (tertiary/aromatic N) is 1. The largest absolute Gasteiger partial charge is 0.323 e. The van der Waals surface area contributed by atoms with E-state index in [1.165, 1.54) is 4.31 Å². The minimum atomic E-state index is -3.75. The van der Waals surface area contributed by atoms with Crippen LogP contribution in [0.1, 0.15) is 18.4 Å². The average molecular weight is 413 g/mol. The van der Waals surface area contributed by atoms with E-state index in [4.69, 9.17) is 23.2 Å². The number of aryl methyl sites for hydroxylation is 1. The first kappa shape index (κ1) is 19.2. The van der Waals surface area contributed by atoms with Crippen molar-refractivity contribution in [1.29, 1.82) is 0 Å². The topological polar surface area (TPSA) is 66.5 Å². The van der Waals surface area contributed by atoms with E-state index in [2.05, 4.69) is 5.32 Å². The summed E-state index contributed by atoms with van der Waals surface area (Å²) in [4.78, 5) is 12.9. The summed E-state index contributed by atoms with van der Waals surface area (Å²) in [6.07, 6.45) is 1.07. The van der Waals surface area contributed by atoms with Crippen molar-refractivity contribution in [3.8, 4) is 0 Å². The zero-order valence-electron chi connectivity index (χ0n) is 14.1. The minimum absolute atomic E-state index is 0.184. The van der Waals surface area contributed by atoms with Crippen LogP contribution in [0.4, 0.5) is 5.69 Å². The Hall–Kier alpha value is -1.60. The van der Waals surface area contributed by atoms with Crippen molar-refractivity contribution in [3.05, 3.63) is 58.1 Å². The molecule has 26 heavy (non-hydrogen) atoms. The quantitative estimate of drug-likeness (QED) is 0.821. The van der Waals surface area contributed by atoms with E-state index >= 15 is 0 Å². The number of halogens is 2. The third-order valence-electron chi connectivity index (χ3n) is 4.34. The van der Waals surface area contributed by atoms with Crippen LogP contribution in [0, 0.1) is 6.92 Å². The van der Waals surface area contributed by atoms with Gasteiger partial charge in [0.05, 0.1) is 20.6 Å². The molecule has 1 N–H and O–H groups in total. The van der Waals surface area contributed by atoms with E-state index < -0.39 is 22.0 Å². The molecule has 1 saturated heterocycles. The van der Waals surface area contributed by atoms with Crippen molar-refractivity contribution < 1.29 is 13.2 Å². The first-order valence-corrected chi connectivity index (χ1v) is 10.3. The number of amides is 1. The van der Waals surface area contributed by atoms with Crippen LogP contribution in [0.25, 0.3) is 0 Å². The molecule has 0 saturated carbocycles. The highest BCUT2D eigenvalue weighted by atomic mass is 35.5. The molecule has 8 heteroatoms. The summed E-state index contributed by atoms with van der Waals surface area (Å²) < 4.78 is 27.1. The van der Waals surface area contributed by atoms with Crippen LogP contribution in [-0.2, 0) is 14.8 Å². The van der Waals surface area contributed by atoms with Crippen molar-refractivity contribution in [1.82, 2.24) is 4.31 Å². The lowest BCUT2D eigenvalue weighted by Gasteiger charge is -2.23. The Labute approximate surface area is 163 Å². The molecule has 1 aliphatic heterocycles. The summed E-state index contributed by atoms with van der Waals surface area (Å²) in [6.45, 7) is 2.19. The predicted molar refractivity (Wildman–Crippen MR) is 103 cm³/mol. The number of carbonyl (C=O) groups excluding carboxylic acids is 1. The fourth-order valence-electron chi connectivity index (χ4n) is 2.95. The summed E-state index contributed by atoms with van der Waals surface area (Å²) in [7, 11) is -3.75. The fraction of sp³-hybridized carbons (Fsp3) is 0.278. The Balaban J connectivity index is 1.84. The smallest absolute Gasteiger partial charge is 0.243 e. The molecule has 138 valence electrons. The van der Waals surface area contributed by atoms with Gasteiger partial charge < -0.3 is 5.32 Å². The SMILES string of the molecule is Cc1ccc(S(=O)(=O)N2CCCC2C(=O)Nc2cccc(Cl)c2Cl)cc1. The number of rotatable bonds is 4. The van der Waals surface area contributed by atoms with Crippen LogP contribution in [-0.4, -0.2) is 31.2 Å². The van der Waals surface area contributed by atoms with Crippen molar-refractivity contribution in [2.24, 2.45) is 0 Å². The summed E-state index contributed by atoms with van der Waals surface area (Å²) in [6, 6.07) is 10.7. The van der Waals surface area contributed by atoms with Crippen LogP contribution in [0.2, 0.25) is 10.0 Å². The molecule has 1 aliphatic rings. The van der Waals surface area contributed by atoms with Gasteiger partial charge in [0, 0.05) is 6.54 Å². The van der Waals surface area contributed by atoms with Gasteiger partial charge in [-0.2, -0.15) is 4.31 Å². The maximum absolute atomic E-state index is 12.9. The van der Waals surface area contributed by atoms with Crippen molar-refractivity contribution in [2.75, 3.05) is 11.9 Å². The van der Waals surface area contributed by atoms with Gasteiger partial charge in [0.15, 0.2) is 0 Å². The van der Waals surface area contributed by atoms with E-state index in [0.717, 1.165) is 5.56 Å². The maximum Gasteiger partial charge on any atom is 0.243 e. The van der Waals surface area contributed by atoms with Gasteiger partial charge in [-0.3, -0.25) is 4.79 Å². The second kappa shape index (κ2) is 7.56. The highest BCUT2D eigenvalue weighted by Crippen LogP contribution is 2.31. The van der Waals surface area contributed by atoms with Crippen molar-refractivity contribution in [3.63, 3.8) is 0 Å². The number of anilines is 1. The molecule has 1 heterocycles. The number of benzene rings is 2. The van der Waals surface area contributed by atoms with Gasteiger partial charge in [-0.25, -0.2) is 8.42 Å². The zero-order valence-corrected chi connectivity index (χ0v) is 16.4. The van der Waals surface area contributed by atoms with Crippen LogP contribution >= 0.6 is 23.2 Å². The molecule has 0 aromatic heterocycles. The van der Waals surface area contributed by atoms with Crippen LogP contribution in [0.3, 0.4) is 0 Å². The summed E-state index contributed by atoms with van der Waals surface area (Å²) in [5, 5.41) is 3.24. The first-order valence-electron chi connectivity index (χ1n) is 8.14. The molecule has 1 fully saturated rings. The van der Waals surface area contributed by atoms with Crippen LogP contribution in [0.15, 0.2) is 47.4 Å². The standard InChI is InChI=1S/C18H18Cl2N2O3S/c1-12-7-9-13(10-8-12)26(24,25)22-11-3-6-16(22)18(23)21-15-5-2-4-14(19)17(15)20/h2,4-5,7-10,16H,3,6,11H2,1H3,(H,21,23). The molecule has 2 aromatic rings. The molecule has 5 nitrogen and oxygen atoms in total. The second-order valence-corrected chi connectivity index (χ2v) is 8.85. The predicted octanol–water partition coefficient (Wildman–Crippen LogP) is 4.09. The molecule has 1 unspecified atom stereocenters. The second-order valence-electron chi connectivity index (χ2n) is 6.18. The summed E-state index contributed by atoms with van der Waals surface area (Å²) in [5.41, 5.74) is 1.33. The number of nitrogens with one attached hydrogen (secondary N) is 1. The van der Waals surface area contributed by atoms with Gasteiger partial charge in [-0.1, -0.05) is 47.0 Å². The van der Waals surface area contributed by atoms with Crippen molar-refractivity contribution >= 4 is 44.8 Å². The Bertz CT molecular complexity index is 930. The molecule has 3 rings (SSSR count). The molecule has 1 amide bonds. The fourth-order valence-corrected chi connectivity index (χ4v) is 4.96. The van der Waals surface area contributed by atoms with E-state index in [-0.39, 0.29) is 9.92 Å². The molecule has 2 aromatic carbocycles. The molecular weight excluding hydrogens is 395 g/mol. The van der Waals surface area contributed by atoms with Gasteiger partial charge in [-0.15, -0.1) is 0 Å². The minimum Gasteiger partial charge on any atom is -0.323 e. The lowest BCUT2D eigenvalue weighted by atomic mass is 10.2. The van der Waals surface area contributed by atoms with E-state index in [1.54, 1.807) is 42.5 Å². The van der Waals surface area contributed by atoms with Gasteiger partial charge in [0.1, 0.15) is 6.04 Å². The Kier molecular flexibility index (Phi) is 5.58. The lowest BCUT2D eigenvalue weighted by molar-refractivity contribution is -0.119. The van der Waals surface area contributed by atoms with Crippen LogP contribution in [0.5, 0.6) is 0 Å². The van der Waals surface area contributed by atoms with Gasteiger partial charge >= 0.3 is 0 Å². The van der Waals surface area contributed by atoms with Gasteiger partial charge in [-0.05, 0) is 44.0 Å². The highest BCUT2D eigenvalue weighted by molar-refractivity contribution is 7.89. The first-order chi connectivity index (χ1) is 12.3. The van der Waals surface area contributed by atoms with Gasteiger partial charge in [0.2, 0.25) is 15.9 Å². The van der Waals surface area contributed by atoms with E-state index in [9.17, 15) is 13.2 Å². The van der Waals surface area contributed by atoms with Gasteiger partial charge in [0.25, 0.3) is 0 Å². The normalized spacial score (nSPS) is 18.0. The number of hydrogen-bond acceptors (Lipinski definition) is 3. The molecule has 0 radical (unpaired) electrons. The Morgan fingerprint density at radius 2 is 1.85 bits per heavy atom.